The zero-order valence-corrected chi connectivity index (χ0v) is 17.2. The fraction of sp³-hybridized carbons (Fsp3) is 0.259. The normalized spacial score (nSPS) is 28.8. The topological polar surface area (TPSA) is 52.9 Å². The number of carbonyl (C=O) groups excluding carboxylic acids is 1. The summed E-state index contributed by atoms with van der Waals surface area (Å²) in [6, 6.07) is 18.0. The molecular formula is C27H24N2O2. The van der Waals surface area contributed by atoms with E-state index in [0.29, 0.717) is 5.92 Å². The summed E-state index contributed by atoms with van der Waals surface area (Å²) in [5, 5.41) is 9.84. The second kappa shape index (κ2) is 6.81. The first kappa shape index (κ1) is 18.4. The molecule has 0 unspecified atom stereocenters. The first-order valence-corrected chi connectivity index (χ1v) is 11.1. The number of rotatable bonds is 2. The van der Waals surface area contributed by atoms with Crippen molar-refractivity contribution in [2.45, 2.75) is 37.3 Å². The first-order chi connectivity index (χ1) is 15.2. The van der Waals surface area contributed by atoms with Crippen molar-refractivity contribution in [1.29, 1.82) is 0 Å². The molecule has 4 nitrogen and oxygen atoms in total. The monoisotopic (exact) mass is 408 g/mol. The largest absolute Gasteiger partial charge is 0.508 e. The van der Waals surface area contributed by atoms with Gasteiger partial charge in [-0.05, 0) is 54.7 Å². The SMILES string of the molecule is O=C1C=CC2=N[C@@]34CCCC[C@@H]3[C@H](c3ccc(O)cc3)C=C(c3ccccc3)N4C2=C1. The van der Waals surface area contributed by atoms with Crippen molar-refractivity contribution < 1.29 is 9.90 Å². The van der Waals surface area contributed by atoms with Gasteiger partial charge in [-0.1, -0.05) is 55.0 Å². The van der Waals surface area contributed by atoms with Crippen LogP contribution in [0.15, 0.2) is 89.6 Å². The van der Waals surface area contributed by atoms with Crippen LogP contribution in [0.3, 0.4) is 0 Å². The maximum absolute atomic E-state index is 12.3. The van der Waals surface area contributed by atoms with Gasteiger partial charge in [0.05, 0.1) is 11.4 Å². The van der Waals surface area contributed by atoms with E-state index in [4.69, 9.17) is 4.99 Å². The van der Waals surface area contributed by atoms with Gasteiger partial charge in [0.25, 0.3) is 0 Å². The van der Waals surface area contributed by atoms with Gasteiger partial charge in [-0.15, -0.1) is 0 Å². The minimum Gasteiger partial charge on any atom is -0.508 e. The molecule has 154 valence electrons. The number of phenolic OH excluding ortho intramolecular Hbond substituents is 1. The zero-order chi connectivity index (χ0) is 21.0. The lowest BCUT2D eigenvalue weighted by Crippen LogP contribution is -2.54. The number of nitrogens with zero attached hydrogens (tertiary/aromatic N) is 2. The molecule has 0 aromatic heterocycles. The van der Waals surface area contributed by atoms with Crippen LogP contribution < -0.4 is 0 Å². The van der Waals surface area contributed by atoms with Crippen LogP contribution in [0.4, 0.5) is 0 Å². The van der Waals surface area contributed by atoms with Crippen molar-refractivity contribution in [2.75, 3.05) is 0 Å². The molecule has 1 spiro atoms. The van der Waals surface area contributed by atoms with Gasteiger partial charge in [0.2, 0.25) is 0 Å². The summed E-state index contributed by atoms with van der Waals surface area (Å²) < 4.78 is 0. The lowest BCUT2D eigenvalue weighted by molar-refractivity contribution is -0.110. The highest BCUT2D eigenvalue weighted by Gasteiger charge is 2.56. The lowest BCUT2D eigenvalue weighted by atomic mass is 9.66. The van der Waals surface area contributed by atoms with E-state index in [0.717, 1.165) is 41.9 Å². The van der Waals surface area contributed by atoms with E-state index in [1.165, 1.54) is 12.0 Å². The molecule has 2 aliphatic heterocycles. The molecule has 2 aromatic carbocycles. The third-order valence-electron chi connectivity index (χ3n) is 7.15. The number of ketones is 1. The van der Waals surface area contributed by atoms with Crippen LogP contribution in [0.1, 0.15) is 42.7 Å². The van der Waals surface area contributed by atoms with Crippen LogP contribution >= 0.6 is 0 Å². The second-order valence-corrected chi connectivity index (χ2v) is 8.86. The Balaban J connectivity index is 1.60. The molecule has 4 aliphatic rings. The Kier molecular flexibility index (Phi) is 4.04. The summed E-state index contributed by atoms with van der Waals surface area (Å²) in [6.45, 7) is 0. The number of hydrogen-bond acceptors (Lipinski definition) is 4. The Bertz CT molecular complexity index is 1170. The second-order valence-electron chi connectivity index (χ2n) is 8.86. The smallest absolute Gasteiger partial charge is 0.180 e. The van der Waals surface area contributed by atoms with Gasteiger partial charge in [0.15, 0.2) is 5.78 Å². The average Bonchev–Trinajstić information content (AvgIpc) is 3.12. The van der Waals surface area contributed by atoms with E-state index in [9.17, 15) is 9.90 Å². The lowest BCUT2D eigenvalue weighted by Gasteiger charge is -2.53. The molecule has 6 rings (SSSR count). The molecule has 2 aromatic rings. The number of benzene rings is 2. The molecule has 1 saturated carbocycles. The highest BCUT2D eigenvalue weighted by molar-refractivity contribution is 6.21. The maximum atomic E-state index is 12.3. The van der Waals surface area contributed by atoms with Gasteiger partial charge >= 0.3 is 0 Å². The highest BCUT2D eigenvalue weighted by atomic mass is 16.3. The maximum Gasteiger partial charge on any atom is 0.180 e. The van der Waals surface area contributed by atoms with Crippen molar-refractivity contribution >= 4 is 17.2 Å². The summed E-state index contributed by atoms with van der Waals surface area (Å²) >= 11 is 0. The number of aromatic hydroxyl groups is 1. The van der Waals surface area contributed by atoms with Gasteiger partial charge in [0, 0.05) is 23.6 Å². The predicted molar refractivity (Wildman–Crippen MR) is 121 cm³/mol. The van der Waals surface area contributed by atoms with Crippen molar-refractivity contribution in [3.8, 4) is 5.75 Å². The van der Waals surface area contributed by atoms with Crippen molar-refractivity contribution in [2.24, 2.45) is 10.9 Å². The molecule has 2 aliphatic carbocycles. The van der Waals surface area contributed by atoms with E-state index in [1.54, 1.807) is 24.3 Å². The number of carbonyl (C=O) groups is 1. The number of fused-ring (bicyclic) bond motifs is 2. The van der Waals surface area contributed by atoms with Gasteiger partial charge < -0.3 is 10.0 Å². The van der Waals surface area contributed by atoms with Gasteiger partial charge in [-0.25, -0.2) is 0 Å². The number of allylic oxidation sites excluding steroid dienone is 4. The molecule has 4 heteroatoms. The molecule has 0 amide bonds. The minimum atomic E-state index is -0.378. The minimum absolute atomic E-state index is 0.0198. The van der Waals surface area contributed by atoms with E-state index in [2.05, 4.69) is 35.2 Å². The molecular weight excluding hydrogens is 384 g/mol. The molecule has 0 bridgehead atoms. The highest BCUT2D eigenvalue weighted by Crippen LogP contribution is 2.57. The van der Waals surface area contributed by atoms with E-state index >= 15 is 0 Å². The molecule has 1 fully saturated rings. The van der Waals surface area contributed by atoms with Crippen molar-refractivity contribution in [3.05, 3.63) is 95.7 Å². The Morgan fingerprint density at radius 1 is 0.968 bits per heavy atom. The van der Waals surface area contributed by atoms with Crippen molar-refractivity contribution in [1.82, 2.24) is 4.90 Å². The Morgan fingerprint density at radius 3 is 2.58 bits per heavy atom. The molecule has 0 radical (unpaired) electrons. The Labute approximate surface area is 181 Å². The van der Waals surface area contributed by atoms with E-state index in [1.807, 2.05) is 24.3 Å². The predicted octanol–water partition coefficient (Wildman–Crippen LogP) is 5.20. The summed E-state index contributed by atoms with van der Waals surface area (Å²) in [5.41, 5.74) is 4.92. The fourth-order valence-corrected chi connectivity index (χ4v) is 5.85. The van der Waals surface area contributed by atoms with Crippen LogP contribution in [0.5, 0.6) is 5.75 Å². The molecule has 2 heterocycles. The van der Waals surface area contributed by atoms with E-state index < -0.39 is 0 Å². The average molecular weight is 409 g/mol. The standard InChI is InChI=1S/C27H24N2O2/c30-20-11-9-18(10-12-20)22-17-25(19-6-2-1-3-7-19)29-26-16-21(31)13-14-24(26)28-27(29)15-5-4-8-23(22)27/h1-3,6-7,9-14,16-17,22-23,30H,4-5,8,15H2/t22-,23+,27+/m0/s1. The summed E-state index contributed by atoms with van der Waals surface area (Å²) in [4.78, 5) is 20.0. The third-order valence-corrected chi connectivity index (χ3v) is 7.15. The fourth-order valence-electron chi connectivity index (χ4n) is 5.85. The van der Waals surface area contributed by atoms with Crippen LogP contribution in [-0.2, 0) is 4.79 Å². The summed E-state index contributed by atoms with van der Waals surface area (Å²) in [7, 11) is 0. The number of phenols is 1. The summed E-state index contributed by atoms with van der Waals surface area (Å²) in [6.07, 6.45) is 12.0. The molecule has 3 atom stereocenters. The van der Waals surface area contributed by atoms with Gasteiger partial charge in [-0.2, -0.15) is 0 Å². The van der Waals surface area contributed by atoms with E-state index in [-0.39, 0.29) is 23.1 Å². The van der Waals surface area contributed by atoms with Crippen LogP contribution in [0.25, 0.3) is 5.70 Å². The number of hydrogen-bond donors (Lipinski definition) is 1. The Hall–Kier alpha value is -3.40. The molecule has 0 saturated heterocycles. The summed E-state index contributed by atoms with van der Waals surface area (Å²) in [5.74, 6) is 0.803. The zero-order valence-electron chi connectivity index (χ0n) is 17.2. The van der Waals surface area contributed by atoms with Crippen molar-refractivity contribution in [3.63, 3.8) is 0 Å². The number of aliphatic imine (C=N–C) groups is 1. The first-order valence-electron chi connectivity index (χ1n) is 11.1. The Morgan fingerprint density at radius 2 is 1.77 bits per heavy atom. The van der Waals surface area contributed by atoms with Crippen LogP contribution in [-0.4, -0.2) is 27.2 Å². The third kappa shape index (κ3) is 2.74. The van der Waals surface area contributed by atoms with Crippen LogP contribution in [0.2, 0.25) is 0 Å². The molecule has 1 N–H and O–H groups in total. The molecule has 31 heavy (non-hydrogen) atoms. The quantitative estimate of drug-likeness (QED) is 0.695. The van der Waals surface area contributed by atoms with Gasteiger partial charge in [0.1, 0.15) is 11.4 Å². The van der Waals surface area contributed by atoms with Crippen LogP contribution in [0, 0.1) is 5.92 Å². The van der Waals surface area contributed by atoms with Gasteiger partial charge in [-0.3, -0.25) is 9.79 Å².